The van der Waals surface area contributed by atoms with Gasteiger partial charge in [-0.05, 0) is 24.3 Å². The van der Waals surface area contributed by atoms with E-state index < -0.39 is 10.8 Å². The first-order valence-corrected chi connectivity index (χ1v) is 9.28. The molecule has 0 atom stereocenters. The molecule has 0 saturated heterocycles. The third-order valence-corrected chi connectivity index (χ3v) is 4.63. The van der Waals surface area contributed by atoms with E-state index in [1.165, 1.54) is 17.0 Å². The summed E-state index contributed by atoms with van der Waals surface area (Å²) in [5.74, 6) is -0.923. The van der Waals surface area contributed by atoms with Crippen LogP contribution in [-0.4, -0.2) is 45.0 Å². The minimum absolute atomic E-state index is 0.0469. The summed E-state index contributed by atoms with van der Waals surface area (Å²) in [4.78, 5) is 36.3. The molecule has 1 aromatic heterocycles. The maximum atomic E-state index is 12.3. The number of aromatic nitrogens is 2. The first-order chi connectivity index (χ1) is 14.3. The van der Waals surface area contributed by atoms with Crippen LogP contribution in [0.25, 0.3) is 5.69 Å². The van der Waals surface area contributed by atoms with Crippen molar-refractivity contribution in [3.63, 3.8) is 0 Å². The zero-order valence-electron chi connectivity index (χ0n) is 16.0. The van der Waals surface area contributed by atoms with Gasteiger partial charge >= 0.3 is 0 Å². The molecule has 10 heteroatoms. The number of likely N-dealkylation sites (N-methyl/N-ethyl adjacent to an activating group) is 1. The monoisotopic (exact) mass is 427 g/mol. The fourth-order valence-corrected chi connectivity index (χ4v) is 2.90. The van der Waals surface area contributed by atoms with Crippen LogP contribution in [0.15, 0.2) is 60.9 Å². The summed E-state index contributed by atoms with van der Waals surface area (Å²) in [6.07, 6.45) is 3.49. The van der Waals surface area contributed by atoms with E-state index in [4.69, 9.17) is 11.6 Å². The summed E-state index contributed by atoms with van der Waals surface area (Å²) in [5.41, 5.74) is 1.41. The van der Waals surface area contributed by atoms with Gasteiger partial charge in [0, 0.05) is 37.0 Å². The van der Waals surface area contributed by atoms with E-state index >= 15 is 0 Å². The van der Waals surface area contributed by atoms with E-state index in [1.807, 2.05) is 36.5 Å². The number of nitrogens with one attached hydrogen (secondary N) is 1. The maximum absolute atomic E-state index is 12.3. The molecule has 1 N–H and O–H groups in total. The van der Waals surface area contributed by atoms with Crippen molar-refractivity contribution >= 4 is 29.1 Å². The summed E-state index contributed by atoms with van der Waals surface area (Å²) in [7, 11) is 1.61. The number of rotatable bonds is 7. The first-order valence-electron chi connectivity index (χ1n) is 8.90. The van der Waals surface area contributed by atoms with E-state index in [9.17, 15) is 19.7 Å². The highest BCUT2D eigenvalue weighted by atomic mass is 35.5. The Kier molecular flexibility index (Phi) is 6.43. The molecule has 0 fully saturated rings. The predicted molar refractivity (Wildman–Crippen MR) is 110 cm³/mol. The van der Waals surface area contributed by atoms with Gasteiger partial charge in [0.25, 0.3) is 11.6 Å². The van der Waals surface area contributed by atoms with Gasteiger partial charge < -0.3 is 10.2 Å². The van der Waals surface area contributed by atoms with Crippen molar-refractivity contribution in [2.45, 2.75) is 6.54 Å². The van der Waals surface area contributed by atoms with Crippen molar-refractivity contribution in [1.82, 2.24) is 20.0 Å². The molecule has 3 aromatic rings. The molecule has 1 heterocycles. The lowest BCUT2D eigenvalue weighted by atomic mass is 10.2. The Labute approximate surface area is 177 Å². The number of hydrogen-bond acceptors (Lipinski definition) is 5. The summed E-state index contributed by atoms with van der Waals surface area (Å²) in [6.45, 7) is 0.0620. The molecule has 0 saturated carbocycles. The van der Waals surface area contributed by atoms with E-state index in [2.05, 4.69) is 10.4 Å². The molecular weight excluding hydrogens is 410 g/mol. The molecule has 2 amide bonds. The fraction of sp³-hybridized carbons (Fsp3) is 0.150. The van der Waals surface area contributed by atoms with Gasteiger partial charge in [-0.3, -0.25) is 19.7 Å². The van der Waals surface area contributed by atoms with Crippen LogP contribution in [0, 0.1) is 10.1 Å². The lowest BCUT2D eigenvalue weighted by Crippen LogP contribution is -2.37. The second kappa shape index (κ2) is 9.19. The van der Waals surface area contributed by atoms with Crippen molar-refractivity contribution in [1.29, 1.82) is 0 Å². The van der Waals surface area contributed by atoms with Gasteiger partial charge in [0.15, 0.2) is 0 Å². The van der Waals surface area contributed by atoms with Crippen LogP contribution >= 0.6 is 11.6 Å². The van der Waals surface area contributed by atoms with E-state index in [0.29, 0.717) is 6.54 Å². The molecule has 9 nitrogen and oxygen atoms in total. The molecule has 0 aliphatic rings. The number of para-hydroxylation sites is 1. The largest absolute Gasteiger partial charge is 0.343 e. The van der Waals surface area contributed by atoms with Crippen LogP contribution in [0.4, 0.5) is 5.69 Å². The highest BCUT2D eigenvalue weighted by Gasteiger charge is 2.18. The predicted octanol–water partition coefficient (Wildman–Crippen LogP) is 2.82. The number of nitrogens with zero attached hydrogens (tertiary/aromatic N) is 4. The maximum Gasteiger partial charge on any atom is 0.288 e. The van der Waals surface area contributed by atoms with Gasteiger partial charge in [-0.15, -0.1) is 0 Å². The van der Waals surface area contributed by atoms with Crippen LogP contribution in [-0.2, 0) is 11.3 Å². The van der Waals surface area contributed by atoms with Crippen LogP contribution in [0.5, 0.6) is 0 Å². The average Bonchev–Trinajstić information content (AvgIpc) is 3.21. The van der Waals surface area contributed by atoms with Crippen molar-refractivity contribution < 1.29 is 14.5 Å². The van der Waals surface area contributed by atoms with E-state index in [-0.39, 0.29) is 28.7 Å². The van der Waals surface area contributed by atoms with Crippen LogP contribution in [0.1, 0.15) is 15.9 Å². The van der Waals surface area contributed by atoms with E-state index in [0.717, 1.165) is 17.3 Å². The smallest absolute Gasteiger partial charge is 0.288 e. The number of carbonyl (C=O) groups is 2. The Morgan fingerprint density at radius 3 is 2.67 bits per heavy atom. The summed E-state index contributed by atoms with van der Waals surface area (Å²) in [6, 6.07) is 13.3. The standard InChI is InChI=1S/C20H18ClN5O4/c1-24(12-14-10-23-25(13-14)16-5-3-2-4-6-16)19(27)11-22-20(28)15-7-8-17(21)18(9-15)26(29)30/h2-10,13H,11-12H2,1H3,(H,22,28). The SMILES string of the molecule is CN(Cc1cnn(-c2ccccc2)c1)C(=O)CNC(=O)c1ccc(Cl)c([N+](=O)[O-])c1. The molecule has 0 aliphatic heterocycles. The zero-order valence-corrected chi connectivity index (χ0v) is 16.7. The number of hydrogen-bond donors (Lipinski definition) is 1. The average molecular weight is 428 g/mol. The molecule has 0 unspecified atom stereocenters. The minimum Gasteiger partial charge on any atom is -0.343 e. The highest BCUT2D eigenvalue weighted by molar-refractivity contribution is 6.32. The normalized spacial score (nSPS) is 10.5. The third-order valence-electron chi connectivity index (χ3n) is 4.31. The zero-order chi connectivity index (χ0) is 21.7. The Hall–Kier alpha value is -3.72. The van der Waals surface area contributed by atoms with Crippen LogP contribution in [0.3, 0.4) is 0 Å². The number of nitro benzene ring substituents is 1. The third kappa shape index (κ3) is 5.00. The number of carbonyl (C=O) groups excluding carboxylic acids is 2. The quantitative estimate of drug-likeness (QED) is 0.460. The lowest BCUT2D eigenvalue weighted by molar-refractivity contribution is -0.384. The second-order valence-corrected chi connectivity index (χ2v) is 6.89. The van der Waals surface area contributed by atoms with Gasteiger partial charge in [0.05, 0.1) is 23.4 Å². The highest BCUT2D eigenvalue weighted by Crippen LogP contribution is 2.24. The van der Waals surface area contributed by atoms with Gasteiger partial charge in [-0.25, -0.2) is 4.68 Å². The summed E-state index contributed by atoms with van der Waals surface area (Å²) >= 11 is 5.74. The summed E-state index contributed by atoms with van der Waals surface area (Å²) < 4.78 is 1.71. The molecular formula is C20H18ClN5O4. The fourth-order valence-electron chi connectivity index (χ4n) is 2.71. The second-order valence-electron chi connectivity index (χ2n) is 6.48. The summed E-state index contributed by atoms with van der Waals surface area (Å²) in [5, 5.41) is 17.6. The lowest BCUT2D eigenvalue weighted by Gasteiger charge is -2.16. The Morgan fingerprint density at radius 1 is 1.23 bits per heavy atom. The van der Waals surface area contributed by atoms with Gasteiger partial charge in [-0.1, -0.05) is 29.8 Å². The number of amides is 2. The van der Waals surface area contributed by atoms with Gasteiger partial charge in [0.2, 0.25) is 5.91 Å². The molecule has 154 valence electrons. The molecule has 0 spiro atoms. The van der Waals surface area contributed by atoms with Crippen molar-refractivity contribution in [2.24, 2.45) is 0 Å². The molecule has 0 bridgehead atoms. The van der Waals surface area contributed by atoms with Gasteiger partial charge in [-0.2, -0.15) is 5.10 Å². The van der Waals surface area contributed by atoms with Crippen molar-refractivity contribution in [2.75, 3.05) is 13.6 Å². The molecule has 2 aromatic carbocycles. The van der Waals surface area contributed by atoms with Crippen LogP contribution < -0.4 is 5.32 Å². The molecule has 0 aliphatic carbocycles. The number of benzene rings is 2. The molecule has 30 heavy (non-hydrogen) atoms. The number of nitro groups is 1. The number of halogens is 1. The van der Waals surface area contributed by atoms with Crippen LogP contribution in [0.2, 0.25) is 5.02 Å². The van der Waals surface area contributed by atoms with Crippen molar-refractivity contribution in [3.8, 4) is 5.69 Å². The molecule has 0 radical (unpaired) electrons. The Balaban J connectivity index is 1.56. The first kappa shape index (κ1) is 21.0. The van der Waals surface area contributed by atoms with Gasteiger partial charge in [0.1, 0.15) is 5.02 Å². The minimum atomic E-state index is -0.673. The van der Waals surface area contributed by atoms with Crippen molar-refractivity contribution in [3.05, 3.63) is 87.2 Å². The topological polar surface area (TPSA) is 110 Å². The van der Waals surface area contributed by atoms with E-state index in [1.54, 1.807) is 17.9 Å². The Morgan fingerprint density at radius 2 is 1.97 bits per heavy atom. The molecule has 3 rings (SSSR count). The Bertz CT molecular complexity index is 1080.